The van der Waals surface area contributed by atoms with E-state index in [1.165, 1.54) is 0 Å². The Balaban J connectivity index is 1.62. The number of amides is 3. The van der Waals surface area contributed by atoms with E-state index < -0.39 is 6.03 Å². The van der Waals surface area contributed by atoms with Crippen molar-refractivity contribution in [2.24, 2.45) is 11.7 Å². The van der Waals surface area contributed by atoms with Crippen molar-refractivity contribution < 1.29 is 9.59 Å². The van der Waals surface area contributed by atoms with Gasteiger partial charge in [-0.3, -0.25) is 4.79 Å². The highest BCUT2D eigenvalue weighted by molar-refractivity contribution is 5.93. The monoisotopic (exact) mass is 312 g/mol. The molecule has 1 aromatic carbocycles. The van der Waals surface area contributed by atoms with E-state index in [9.17, 15) is 9.59 Å². The minimum atomic E-state index is -0.414. The van der Waals surface area contributed by atoms with Crippen LogP contribution in [0.15, 0.2) is 48.8 Å². The topological polar surface area (TPSA) is 80.4 Å². The number of nitrogens with zero attached hydrogens (tertiary/aromatic N) is 2. The fourth-order valence-corrected chi connectivity index (χ4v) is 2.86. The molecule has 3 rings (SSSR count). The van der Waals surface area contributed by atoms with Crippen molar-refractivity contribution >= 4 is 17.6 Å². The molecule has 0 aliphatic carbocycles. The Morgan fingerprint density at radius 3 is 2.43 bits per heavy atom. The van der Waals surface area contributed by atoms with Crippen LogP contribution in [0, 0.1) is 5.92 Å². The number of hydrogen-bond donors (Lipinski definition) is 2. The molecule has 0 radical (unpaired) electrons. The number of aromatic nitrogens is 1. The van der Waals surface area contributed by atoms with Crippen LogP contribution in [0.3, 0.4) is 0 Å². The number of piperidine rings is 1. The number of rotatable bonds is 3. The number of anilines is 1. The maximum absolute atomic E-state index is 12.4. The minimum Gasteiger partial charge on any atom is -0.351 e. The Hall–Kier alpha value is -2.76. The maximum atomic E-state index is 12.4. The first-order valence-electron chi connectivity index (χ1n) is 7.72. The molecule has 0 unspecified atom stereocenters. The second-order valence-corrected chi connectivity index (χ2v) is 5.73. The highest BCUT2D eigenvalue weighted by Gasteiger charge is 2.26. The maximum Gasteiger partial charge on any atom is 0.314 e. The lowest BCUT2D eigenvalue weighted by Crippen LogP contribution is -2.43. The van der Waals surface area contributed by atoms with Crippen LogP contribution in [-0.4, -0.2) is 34.5 Å². The van der Waals surface area contributed by atoms with Gasteiger partial charge in [0, 0.05) is 42.8 Å². The zero-order valence-electron chi connectivity index (χ0n) is 12.8. The summed E-state index contributed by atoms with van der Waals surface area (Å²) in [6, 6.07) is 11.2. The van der Waals surface area contributed by atoms with Gasteiger partial charge in [-0.05, 0) is 43.2 Å². The lowest BCUT2D eigenvalue weighted by molar-refractivity contribution is -0.121. The van der Waals surface area contributed by atoms with Gasteiger partial charge in [-0.25, -0.2) is 4.79 Å². The molecular formula is C17H20N4O2. The van der Waals surface area contributed by atoms with Crippen molar-refractivity contribution in [2.75, 3.05) is 18.4 Å². The quantitative estimate of drug-likeness (QED) is 0.911. The Bertz CT molecular complexity index is 688. The molecule has 1 saturated heterocycles. The van der Waals surface area contributed by atoms with Crippen LogP contribution < -0.4 is 11.1 Å². The molecule has 0 bridgehead atoms. The molecule has 0 spiro atoms. The summed E-state index contributed by atoms with van der Waals surface area (Å²) in [5, 5.41) is 2.97. The molecule has 3 amide bonds. The lowest BCUT2D eigenvalue weighted by Gasteiger charge is -2.30. The van der Waals surface area contributed by atoms with Crippen LogP contribution in [-0.2, 0) is 4.79 Å². The molecule has 1 aromatic heterocycles. The van der Waals surface area contributed by atoms with Gasteiger partial charge in [-0.2, -0.15) is 0 Å². The van der Waals surface area contributed by atoms with Gasteiger partial charge < -0.3 is 20.5 Å². The average Bonchev–Trinajstić information content (AvgIpc) is 3.10. The summed E-state index contributed by atoms with van der Waals surface area (Å²) in [7, 11) is 0. The first-order chi connectivity index (χ1) is 11.1. The van der Waals surface area contributed by atoms with E-state index >= 15 is 0 Å². The van der Waals surface area contributed by atoms with Gasteiger partial charge in [0.1, 0.15) is 0 Å². The van der Waals surface area contributed by atoms with E-state index in [4.69, 9.17) is 5.73 Å². The second-order valence-electron chi connectivity index (χ2n) is 5.73. The SMILES string of the molecule is NC(=O)N1CCC(C(=O)Nc2cccc(-n3cccc3)c2)CC1. The predicted molar refractivity (Wildman–Crippen MR) is 88.3 cm³/mol. The summed E-state index contributed by atoms with van der Waals surface area (Å²) in [4.78, 5) is 25.1. The molecule has 120 valence electrons. The van der Waals surface area contributed by atoms with Crippen molar-refractivity contribution in [3.05, 3.63) is 48.8 Å². The molecule has 23 heavy (non-hydrogen) atoms. The number of carbonyl (C=O) groups excluding carboxylic acids is 2. The predicted octanol–water partition coefficient (Wildman–Crippen LogP) is 2.21. The van der Waals surface area contributed by atoms with Gasteiger partial charge in [0.05, 0.1) is 0 Å². The van der Waals surface area contributed by atoms with E-state index in [-0.39, 0.29) is 11.8 Å². The molecule has 3 N–H and O–H groups in total. The summed E-state index contributed by atoms with van der Waals surface area (Å²) in [6.45, 7) is 1.08. The Morgan fingerprint density at radius 2 is 1.78 bits per heavy atom. The third-order valence-electron chi connectivity index (χ3n) is 4.19. The van der Waals surface area contributed by atoms with Crippen molar-refractivity contribution in [3.8, 4) is 5.69 Å². The van der Waals surface area contributed by atoms with Gasteiger partial charge in [0.15, 0.2) is 0 Å². The van der Waals surface area contributed by atoms with Crippen molar-refractivity contribution in [1.82, 2.24) is 9.47 Å². The van der Waals surface area contributed by atoms with Gasteiger partial charge in [0.25, 0.3) is 0 Å². The fourth-order valence-electron chi connectivity index (χ4n) is 2.86. The van der Waals surface area contributed by atoms with E-state index in [1.807, 2.05) is 53.4 Å². The minimum absolute atomic E-state index is 0.00113. The van der Waals surface area contributed by atoms with E-state index in [0.29, 0.717) is 25.9 Å². The van der Waals surface area contributed by atoms with Crippen molar-refractivity contribution in [3.63, 3.8) is 0 Å². The molecule has 0 saturated carbocycles. The van der Waals surface area contributed by atoms with Gasteiger partial charge >= 0.3 is 6.03 Å². The Kier molecular flexibility index (Phi) is 4.32. The van der Waals surface area contributed by atoms with E-state index in [0.717, 1.165) is 11.4 Å². The Labute approximate surface area is 134 Å². The number of urea groups is 1. The number of benzene rings is 1. The van der Waals surface area contributed by atoms with Crippen LogP contribution >= 0.6 is 0 Å². The van der Waals surface area contributed by atoms with E-state index in [1.54, 1.807) is 4.90 Å². The first kappa shape index (κ1) is 15.1. The normalized spacial score (nSPS) is 15.4. The molecule has 1 fully saturated rings. The number of primary amides is 1. The third kappa shape index (κ3) is 3.53. The number of nitrogens with two attached hydrogens (primary N) is 1. The number of likely N-dealkylation sites (tertiary alicyclic amines) is 1. The first-order valence-corrected chi connectivity index (χ1v) is 7.72. The van der Waals surface area contributed by atoms with Crippen molar-refractivity contribution in [1.29, 1.82) is 0 Å². The smallest absolute Gasteiger partial charge is 0.314 e. The number of nitrogens with one attached hydrogen (secondary N) is 1. The average molecular weight is 312 g/mol. The van der Waals surface area contributed by atoms with Crippen LogP contribution in [0.5, 0.6) is 0 Å². The highest BCUT2D eigenvalue weighted by atomic mass is 16.2. The summed E-state index contributed by atoms with van der Waals surface area (Å²) in [5.41, 5.74) is 7.03. The lowest BCUT2D eigenvalue weighted by atomic mass is 9.96. The highest BCUT2D eigenvalue weighted by Crippen LogP contribution is 2.20. The van der Waals surface area contributed by atoms with Crippen LogP contribution in [0.25, 0.3) is 5.69 Å². The second kappa shape index (κ2) is 6.56. The van der Waals surface area contributed by atoms with Crippen LogP contribution in [0.4, 0.5) is 10.5 Å². The molecule has 1 aliphatic heterocycles. The number of hydrogen-bond acceptors (Lipinski definition) is 2. The zero-order valence-corrected chi connectivity index (χ0v) is 12.8. The molecular weight excluding hydrogens is 292 g/mol. The summed E-state index contributed by atoms with van der Waals surface area (Å²) >= 11 is 0. The summed E-state index contributed by atoms with van der Waals surface area (Å²) in [6.07, 6.45) is 5.21. The zero-order chi connectivity index (χ0) is 16.2. The van der Waals surface area contributed by atoms with Crippen molar-refractivity contribution in [2.45, 2.75) is 12.8 Å². The van der Waals surface area contributed by atoms with Gasteiger partial charge in [0.2, 0.25) is 5.91 Å². The number of carbonyl (C=O) groups is 2. The molecule has 1 aliphatic rings. The standard InChI is InChI=1S/C17H20N4O2/c18-17(23)21-10-6-13(7-11-21)16(22)19-14-4-3-5-15(12-14)20-8-1-2-9-20/h1-5,8-9,12-13H,6-7,10-11H2,(H2,18,23)(H,19,22). The molecule has 6 nitrogen and oxygen atoms in total. The summed E-state index contributed by atoms with van der Waals surface area (Å²) < 4.78 is 1.99. The molecule has 6 heteroatoms. The van der Waals surface area contributed by atoms with Gasteiger partial charge in [-0.1, -0.05) is 6.07 Å². The summed E-state index contributed by atoms with van der Waals surface area (Å²) in [5.74, 6) is -0.0837. The third-order valence-corrected chi connectivity index (χ3v) is 4.19. The van der Waals surface area contributed by atoms with E-state index in [2.05, 4.69) is 5.32 Å². The largest absolute Gasteiger partial charge is 0.351 e. The van der Waals surface area contributed by atoms with Gasteiger partial charge in [-0.15, -0.1) is 0 Å². The molecule has 2 heterocycles. The van der Waals surface area contributed by atoms with Crippen LogP contribution in [0.2, 0.25) is 0 Å². The molecule has 2 aromatic rings. The Morgan fingerprint density at radius 1 is 1.09 bits per heavy atom. The molecule has 0 atom stereocenters. The van der Waals surface area contributed by atoms with Crippen LogP contribution in [0.1, 0.15) is 12.8 Å². The fraction of sp³-hybridized carbons (Fsp3) is 0.294.